The van der Waals surface area contributed by atoms with E-state index < -0.39 is 0 Å². The van der Waals surface area contributed by atoms with E-state index in [-0.39, 0.29) is 0 Å². The number of fused-ring (bicyclic) bond motifs is 1. The molecule has 0 radical (unpaired) electrons. The van der Waals surface area contributed by atoms with Crippen molar-refractivity contribution in [2.75, 3.05) is 7.11 Å². The van der Waals surface area contributed by atoms with E-state index in [1.165, 1.54) is 0 Å². The zero-order valence-corrected chi connectivity index (χ0v) is 6.55. The molecule has 2 aromatic rings. The van der Waals surface area contributed by atoms with E-state index in [9.17, 15) is 0 Å². The van der Waals surface area contributed by atoms with Crippen LogP contribution in [0.1, 0.15) is 0 Å². The van der Waals surface area contributed by atoms with Crippen LogP contribution in [0.15, 0.2) is 24.3 Å². The Morgan fingerprint density at radius 1 is 1.25 bits per heavy atom. The maximum Gasteiger partial charge on any atom is 0.130 e. The molecule has 0 aliphatic rings. The standard InChI is InChI=1S/C6H5N3O.CH4O/c10-9-6-4-2-1-3-5(6)7-8-9;1-2/h1-4,10H;2H,1H3. The van der Waals surface area contributed by atoms with Crippen molar-refractivity contribution >= 4 is 11.0 Å². The number of nitrogens with zero attached hydrogens (tertiary/aromatic N) is 3. The molecule has 0 amide bonds. The Bertz CT molecular complexity index is 358. The predicted molar refractivity (Wildman–Crippen MR) is 42.9 cm³/mol. The molecule has 0 saturated carbocycles. The largest absolute Gasteiger partial charge is 0.410 e. The van der Waals surface area contributed by atoms with Crippen molar-refractivity contribution in [3.63, 3.8) is 0 Å². The van der Waals surface area contributed by atoms with E-state index in [0.29, 0.717) is 11.0 Å². The monoisotopic (exact) mass is 167 g/mol. The lowest BCUT2D eigenvalue weighted by Crippen LogP contribution is -1.90. The summed E-state index contributed by atoms with van der Waals surface area (Å²) in [6.07, 6.45) is 0. The summed E-state index contributed by atoms with van der Waals surface area (Å²) in [7, 11) is 1.00. The van der Waals surface area contributed by atoms with Crippen molar-refractivity contribution in [1.82, 2.24) is 15.2 Å². The molecule has 1 aromatic heterocycles. The summed E-state index contributed by atoms with van der Waals surface area (Å²) < 4.78 is 0. The third kappa shape index (κ3) is 1.35. The first kappa shape index (κ1) is 8.48. The number of aliphatic hydroxyl groups is 1. The van der Waals surface area contributed by atoms with Gasteiger partial charge >= 0.3 is 0 Å². The maximum absolute atomic E-state index is 8.95. The minimum atomic E-state index is 0.627. The number of rotatable bonds is 0. The SMILES string of the molecule is CO.On1nnc2ccccc21. The fourth-order valence-electron chi connectivity index (χ4n) is 0.857. The Hall–Kier alpha value is -1.62. The van der Waals surface area contributed by atoms with Crippen LogP contribution in [0.2, 0.25) is 0 Å². The van der Waals surface area contributed by atoms with Crippen molar-refractivity contribution in [1.29, 1.82) is 0 Å². The van der Waals surface area contributed by atoms with E-state index in [0.717, 1.165) is 12.0 Å². The Kier molecular flexibility index (Phi) is 2.60. The maximum atomic E-state index is 8.95. The van der Waals surface area contributed by atoms with Crippen molar-refractivity contribution in [3.05, 3.63) is 24.3 Å². The lowest BCUT2D eigenvalue weighted by Gasteiger charge is -1.85. The molecule has 2 N–H and O–H groups in total. The van der Waals surface area contributed by atoms with E-state index in [2.05, 4.69) is 10.3 Å². The fraction of sp³-hybridized carbons (Fsp3) is 0.143. The molecule has 0 unspecified atom stereocenters. The first-order valence-electron chi connectivity index (χ1n) is 3.32. The summed E-state index contributed by atoms with van der Waals surface area (Å²) >= 11 is 0. The minimum Gasteiger partial charge on any atom is -0.410 e. The molecule has 0 atom stereocenters. The molecule has 2 rings (SSSR count). The minimum absolute atomic E-state index is 0.627. The van der Waals surface area contributed by atoms with Gasteiger partial charge in [-0.3, -0.25) is 0 Å². The molecular weight excluding hydrogens is 158 g/mol. The molecule has 64 valence electrons. The molecule has 0 saturated heterocycles. The first-order chi connectivity index (χ1) is 5.88. The number of para-hydroxylation sites is 1. The smallest absolute Gasteiger partial charge is 0.130 e. The van der Waals surface area contributed by atoms with Gasteiger partial charge in [0.1, 0.15) is 11.0 Å². The molecule has 0 aliphatic heterocycles. The molecule has 1 heterocycles. The van der Waals surface area contributed by atoms with Crippen LogP contribution in [0.4, 0.5) is 0 Å². The molecule has 5 heteroatoms. The zero-order valence-electron chi connectivity index (χ0n) is 6.55. The molecule has 5 nitrogen and oxygen atoms in total. The highest BCUT2D eigenvalue weighted by molar-refractivity contribution is 5.73. The van der Waals surface area contributed by atoms with Gasteiger partial charge in [0.2, 0.25) is 0 Å². The molecule has 0 spiro atoms. The molecular formula is C7H9N3O2. The van der Waals surface area contributed by atoms with Gasteiger partial charge < -0.3 is 10.3 Å². The number of benzene rings is 1. The van der Waals surface area contributed by atoms with Crippen LogP contribution in [0, 0.1) is 0 Å². The zero-order chi connectivity index (χ0) is 8.97. The fourth-order valence-corrected chi connectivity index (χ4v) is 0.857. The molecule has 0 bridgehead atoms. The molecule has 0 fully saturated rings. The predicted octanol–water partition coefficient (Wildman–Crippen LogP) is 0.277. The van der Waals surface area contributed by atoms with Crippen LogP contribution in [0.25, 0.3) is 11.0 Å². The molecule has 12 heavy (non-hydrogen) atoms. The van der Waals surface area contributed by atoms with Crippen molar-refractivity contribution < 1.29 is 10.3 Å². The summed E-state index contributed by atoms with van der Waals surface area (Å²) in [5.74, 6) is 0. The highest BCUT2D eigenvalue weighted by atomic mass is 16.5. The van der Waals surface area contributed by atoms with E-state index >= 15 is 0 Å². The topological polar surface area (TPSA) is 71.2 Å². The summed E-state index contributed by atoms with van der Waals surface area (Å²) in [4.78, 5) is 0.759. The van der Waals surface area contributed by atoms with Crippen LogP contribution in [0.5, 0.6) is 0 Å². The highest BCUT2D eigenvalue weighted by Gasteiger charge is 1.98. The van der Waals surface area contributed by atoms with E-state index in [1.54, 1.807) is 12.1 Å². The first-order valence-corrected chi connectivity index (χ1v) is 3.32. The van der Waals surface area contributed by atoms with E-state index in [1.807, 2.05) is 12.1 Å². The average Bonchev–Trinajstić information content (AvgIpc) is 2.53. The normalized spacial score (nSPS) is 9.17. The van der Waals surface area contributed by atoms with Crippen molar-refractivity contribution in [3.8, 4) is 0 Å². The third-order valence-electron chi connectivity index (χ3n) is 1.33. The Morgan fingerprint density at radius 2 is 1.92 bits per heavy atom. The Labute approximate surface area is 68.8 Å². The van der Waals surface area contributed by atoms with Gasteiger partial charge in [-0.1, -0.05) is 17.0 Å². The second-order valence-corrected chi connectivity index (χ2v) is 1.97. The highest BCUT2D eigenvalue weighted by Crippen LogP contribution is 2.06. The summed E-state index contributed by atoms with van der Waals surface area (Å²) in [5, 5.41) is 23.1. The summed E-state index contributed by atoms with van der Waals surface area (Å²) in [6, 6.07) is 7.19. The van der Waals surface area contributed by atoms with Crippen molar-refractivity contribution in [2.45, 2.75) is 0 Å². The van der Waals surface area contributed by atoms with Crippen LogP contribution < -0.4 is 0 Å². The lowest BCUT2D eigenvalue weighted by atomic mass is 10.3. The van der Waals surface area contributed by atoms with Gasteiger partial charge in [0.15, 0.2) is 0 Å². The van der Waals surface area contributed by atoms with Gasteiger partial charge in [-0.25, -0.2) is 0 Å². The number of aliphatic hydroxyl groups excluding tert-OH is 1. The number of hydrogen-bond acceptors (Lipinski definition) is 4. The molecule has 1 aromatic carbocycles. The Morgan fingerprint density at radius 3 is 2.58 bits per heavy atom. The van der Waals surface area contributed by atoms with E-state index in [4.69, 9.17) is 10.3 Å². The quantitative estimate of drug-likeness (QED) is 0.553. The second kappa shape index (κ2) is 3.68. The average molecular weight is 167 g/mol. The summed E-state index contributed by atoms with van der Waals surface area (Å²) in [5.41, 5.74) is 1.33. The third-order valence-corrected chi connectivity index (χ3v) is 1.33. The van der Waals surface area contributed by atoms with Crippen LogP contribution in [-0.4, -0.2) is 32.6 Å². The van der Waals surface area contributed by atoms with Crippen LogP contribution in [-0.2, 0) is 0 Å². The lowest BCUT2D eigenvalue weighted by molar-refractivity contribution is 0.155. The second-order valence-electron chi connectivity index (χ2n) is 1.97. The Balaban J connectivity index is 0.000000336. The van der Waals surface area contributed by atoms with Gasteiger partial charge in [-0.15, -0.1) is 5.10 Å². The van der Waals surface area contributed by atoms with Crippen molar-refractivity contribution in [2.24, 2.45) is 0 Å². The van der Waals surface area contributed by atoms with Gasteiger partial charge in [-0.2, -0.15) is 0 Å². The summed E-state index contributed by atoms with van der Waals surface area (Å²) in [6.45, 7) is 0. The van der Waals surface area contributed by atoms with Gasteiger partial charge in [0.25, 0.3) is 0 Å². The van der Waals surface area contributed by atoms with Crippen LogP contribution >= 0.6 is 0 Å². The van der Waals surface area contributed by atoms with Gasteiger partial charge in [0, 0.05) is 7.11 Å². The van der Waals surface area contributed by atoms with Crippen LogP contribution in [0.3, 0.4) is 0 Å². The number of aromatic nitrogens is 3. The van der Waals surface area contributed by atoms with Gasteiger partial charge in [0.05, 0.1) is 0 Å². The molecule has 0 aliphatic carbocycles. The number of hydrogen-bond donors (Lipinski definition) is 2. The van der Waals surface area contributed by atoms with Gasteiger partial charge in [-0.05, 0) is 17.3 Å².